The van der Waals surface area contributed by atoms with Crippen LogP contribution in [0.3, 0.4) is 0 Å². The zero-order valence-electron chi connectivity index (χ0n) is 7.70. The Morgan fingerprint density at radius 2 is 2.00 bits per heavy atom. The van der Waals surface area contributed by atoms with Crippen LogP contribution in [0.2, 0.25) is 0 Å². The molecule has 13 heavy (non-hydrogen) atoms. The van der Waals surface area contributed by atoms with Crippen LogP contribution in [0.15, 0.2) is 0 Å². The van der Waals surface area contributed by atoms with Crippen molar-refractivity contribution in [2.24, 2.45) is 11.5 Å². The van der Waals surface area contributed by atoms with E-state index < -0.39 is 11.8 Å². The Morgan fingerprint density at radius 3 is 2.38 bits per heavy atom. The third-order valence-electron chi connectivity index (χ3n) is 1.79. The Labute approximate surface area is 76.2 Å². The lowest BCUT2D eigenvalue weighted by molar-refractivity contribution is -0.133. The van der Waals surface area contributed by atoms with Gasteiger partial charge in [-0.25, -0.2) is 4.79 Å². The number of carbonyl (C=O) groups is 2. The van der Waals surface area contributed by atoms with Gasteiger partial charge in [-0.15, -0.1) is 0 Å². The fourth-order valence-electron chi connectivity index (χ4n) is 1.27. The van der Waals surface area contributed by atoms with Gasteiger partial charge in [-0.2, -0.15) is 0 Å². The maximum absolute atomic E-state index is 11.4. The number of rotatable bonds is 1. The van der Waals surface area contributed by atoms with E-state index >= 15 is 0 Å². The number of nitrogens with two attached hydrogens (primary N) is 2. The van der Waals surface area contributed by atoms with Gasteiger partial charge in [0.2, 0.25) is 5.91 Å². The molecule has 6 nitrogen and oxygen atoms in total. The van der Waals surface area contributed by atoms with Gasteiger partial charge in [0.25, 0.3) is 0 Å². The first-order chi connectivity index (χ1) is 5.83. The standard InChI is InChI=1S/C7H14N4O2/c1-4(2)11-5(12)3-7(8,9)10-6(11)13/h4H,3,8-9H2,1-2H3,(H,10,13). The topological polar surface area (TPSA) is 101 Å². The Bertz CT molecular complexity index is 229. The lowest BCUT2D eigenvalue weighted by atomic mass is 10.1. The number of nitrogens with one attached hydrogen (secondary N) is 1. The van der Waals surface area contributed by atoms with Gasteiger partial charge in [0.15, 0.2) is 5.79 Å². The van der Waals surface area contributed by atoms with Crippen molar-refractivity contribution in [3.8, 4) is 0 Å². The second-order valence-electron chi connectivity index (χ2n) is 3.50. The quantitative estimate of drug-likeness (QED) is 0.453. The summed E-state index contributed by atoms with van der Waals surface area (Å²) in [7, 11) is 0. The third kappa shape index (κ3) is 1.96. The van der Waals surface area contributed by atoms with Crippen LogP contribution in [0.25, 0.3) is 0 Å². The highest BCUT2D eigenvalue weighted by Gasteiger charge is 2.38. The lowest BCUT2D eigenvalue weighted by Gasteiger charge is -2.37. The molecule has 0 aromatic heterocycles. The van der Waals surface area contributed by atoms with Crippen LogP contribution >= 0.6 is 0 Å². The fraction of sp³-hybridized carbons (Fsp3) is 0.714. The maximum atomic E-state index is 11.4. The van der Waals surface area contributed by atoms with Crippen LogP contribution < -0.4 is 16.8 Å². The van der Waals surface area contributed by atoms with Gasteiger partial charge in [-0.1, -0.05) is 0 Å². The molecule has 0 aromatic carbocycles. The van der Waals surface area contributed by atoms with Gasteiger partial charge in [-0.05, 0) is 13.8 Å². The van der Waals surface area contributed by atoms with E-state index in [4.69, 9.17) is 11.5 Å². The van der Waals surface area contributed by atoms with Crippen molar-refractivity contribution in [2.75, 3.05) is 0 Å². The van der Waals surface area contributed by atoms with E-state index in [1.807, 2.05) is 0 Å². The summed E-state index contributed by atoms with van der Waals surface area (Å²) in [5.41, 5.74) is 10.8. The van der Waals surface area contributed by atoms with Crippen LogP contribution in [0.4, 0.5) is 4.79 Å². The predicted molar refractivity (Wildman–Crippen MR) is 46.2 cm³/mol. The number of nitrogens with zero attached hydrogens (tertiary/aromatic N) is 1. The highest BCUT2D eigenvalue weighted by molar-refractivity contribution is 5.98. The number of carbonyl (C=O) groups excluding carboxylic acids is 2. The van der Waals surface area contributed by atoms with Crippen LogP contribution in [-0.4, -0.2) is 28.7 Å². The summed E-state index contributed by atoms with van der Waals surface area (Å²) >= 11 is 0. The van der Waals surface area contributed by atoms with Crippen molar-refractivity contribution < 1.29 is 9.59 Å². The first-order valence-electron chi connectivity index (χ1n) is 4.05. The summed E-state index contributed by atoms with van der Waals surface area (Å²) in [6.45, 7) is 3.50. The van der Waals surface area contributed by atoms with Crippen molar-refractivity contribution >= 4 is 11.9 Å². The Balaban J connectivity index is 2.83. The minimum absolute atomic E-state index is 0.0725. The molecular formula is C7H14N4O2. The molecule has 0 aliphatic carbocycles. The number of imide groups is 1. The number of urea groups is 1. The van der Waals surface area contributed by atoms with E-state index in [2.05, 4.69) is 5.32 Å². The molecule has 0 bridgehead atoms. The molecule has 74 valence electrons. The Hall–Kier alpha value is -1.14. The molecule has 6 heteroatoms. The summed E-state index contributed by atoms with van der Waals surface area (Å²) in [4.78, 5) is 23.8. The summed E-state index contributed by atoms with van der Waals surface area (Å²) < 4.78 is 0. The molecule has 0 atom stereocenters. The molecule has 5 N–H and O–H groups in total. The molecule has 1 aliphatic rings. The molecular weight excluding hydrogens is 172 g/mol. The van der Waals surface area contributed by atoms with E-state index in [0.29, 0.717) is 0 Å². The molecule has 0 spiro atoms. The number of hydrogen-bond donors (Lipinski definition) is 3. The zero-order valence-corrected chi connectivity index (χ0v) is 7.70. The van der Waals surface area contributed by atoms with Gasteiger partial charge in [0.1, 0.15) is 0 Å². The van der Waals surface area contributed by atoms with E-state index in [-0.39, 0.29) is 18.4 Å². The summed E-state index contributed by atoms with van der Waals surface area (Å²) in [6.07, 6.45) is -0.0725. The average Bonchev–Trinajstić information content (AvgIpc) is 1.78. The molecule has 1 rings (SSSR count). The number of amides is 3. The van der Waals surface area contributed by atoms with Crippen molar-refractivity contribution in [3.63, 3.8) is 0 Å². The van der Waals surface area contributed by atoms with Crippen LogP contribution in [0.5, 0.6) is 0 Å². The van der Waals surface area contributed by atoms with E-state index in [9.17, 15) is 9.59 Å². The largest absolute Gasteiger partial charge is 0.326 e. The van der Waals surface area contributed by atoms with Gasteiger partial charge in [0, 0.05) is 6.04 Å². The van der Waals surface area contributed by atoms with E-state index in [1.165, 1.54) is 0 Å². The summed E-state index contributed by atoms with van der Waals surface area (Å²) in [5, 5.41) is 2.34. The minimum Gasteiger partial charge on any atom is -0.307 e. The Kier molecular flexibility index (Phi) is 2.27. The molecule has 1 aliphatic heterocycles. The molecule has 0 aromatic rings. The average molecular weight is 186 g/mol. The molecule has 1 fully saturated rings. The molecule has 0 unspecified atom stereocenters. The molecule has 1 saturated heterocycles. The second-order valence-corrected chi connectivity index (χ2v) is 3.50. The van der Waals surface area contributed by atoms with E-state index in [0.717, 1.165) is 4.90 Å². The monoisotopic (exact) mass is 186 g/mol. The predicted octanol–water partition coefficient (Wildman–Crippen LogP) is -1.09. The Morgan fingerprint density at radius 1 is 1.46 bits per heavy atom. The normalized spacial score (nSPS) is 22.1. The van der Waals surface area contributed by atoms with Crippen LogP contribution in [-0.2, 0) is 4.79 Å². The van der Waals surface area contributed by atoms with Gasteiger partial charge in [0.05, 0.1) is 6.42 Å². The van der Waals surface area contributed by atoms with Gasteiger partial charge < -0.3 is 5.32 Å². The molecule has 0 saturated carbocycles. The van der Waals surface area contributed by atoms with Crippen molar-refractivity contribution in [1.29, 1.82) is 0 Å². The first kappa shape index (κ1) is 9.94. The first-order valence-corrected chi connectivity index (χ1v) is 4.05. The summed E-state index contributed by atoms with van der Waals surface area (Å²) in [6, 6.07) is -0.708. The smallest absolute Gasteiger partial charge is 0.307 e. The second kappa shape index (κ2) is 2.97. The lowest BCUT2D eigenvalue weighted by Crippen LogP contribution is -2.72. The van der Waals surface area contributed by atoms with Crippen molar-refractivity contribution in [3.05, 3.63) is 0 Å². The highest BCUT2D eigenvalue weighted by Crippen LogP contribution is 2.11. The molecule has 1 heterocycles. The summed E-state index contributed by atoms with van der Waals surface area (Å²) in [5.74, 6) is -1.75. The SMILES string of the molecule is CC(C)N1C(=O)CC(N)(N)NC1=O. The van der Waals surface area contributed by atoms with Crippen molar-refractivity contribution in [2.45, 2.75) is 32.1 Å². The minimum atomic E-state index is -1.40. The van der Waals surface area contributed by atoms with E-state index in [1.54, 1.807) is 13.8 Å². The third-order valence-corrected chi connectivity index (χ3v) is 1.79. The van der Waals surface area contributed by atoms with Crippen LogP contribution in [0.1, 0.15) is 20.3 Å². The maximum Gasteiger partial charge on any atom is 0.326 e. The number of hydrogen-bond acceptors (Lipinski definition) is 4. The fourth-order valence-corrected chi connectivity index (χ4v) is 1.27. The van der Waals surface area contributed by atoms with Crippen molar-refractivity contribution in [1.82, 2.24) is 10.2 Å². The van der Waals surface area contributed by atoms with Crippen LogP contribution in [0, 0.1) is 0 Å². The zero-order chi connectivity index (χ0) is 10.2. The van der Waals surface area contributed by atoms with Gasteiger partial charge >= 0.3 is 6.03 Å². The molecule has 3 amide bonds. The van der Waals surface area contributed by atoms with Gasteiger partial charge in [-0.3, -0.25) is 21.2 Å². The molecule has 0 radical (unpaired) electrons. The highest BCUT2D eigenvalue weighted by atomic mass is 16.2.